The van der Waals surface area contributed by atoms with Crippen LogP contribution in [0, 0.1) is 0 Å². The standard InChI is InChI=1S/C14H11F3N4O2S/c15-14(16,17)10-4-3-5-11(8-10)24(22,23)18-9-13-20-19-12-6-1-2-7-21(12)13/h1-8,18H,9H2. The number of aromatic nitrogens is 3. The van der Waals surface area contributed by atoms with Gasteiger partial charge < -0.3 is 0 Å². The van der Waals surface area contributed by atoms with E-state index in [4.69, 9.17) is 0 Å². The van der Waals surface area contributed by atoms with Crippen LogP contribution >= 0.6 is 0 Å². The zero-order chi connectivity index (χ0) is 17.4. The molecule has 126 valence electrons. The molecule has 0 aliphatic heterocycles. The van der Waals surface area contributed by atoms with Crippen LogP contribution in [0.25, 0.3) is 5.65 Å². The summed E-state index contributed by atoms with van der Waals surface area (Å²) in [7, 11) is -4.12. The van der Waals surface area contributed by atoms with Gasteiger partial charge in [-0.2, -0.15) is 13.2 Å². The fraction of sp³-hybridized carbons (Fsp3) is 0.143. The summed E-state index contributed by atoms with van der Waals surface area (Å²) >= 11 is 0. The highest BCUT2D eigenvalue weighted by atomic mass is 32.2. The predicted molar refractivity (Wildman–Crippen MR) is 78.5 cm³/mol. The summed E-state index contributed by atoms with van der Waals surface area (Å²) in [5.41, 5.74) is -0.496. The molecule has 0 bridgehead atoms. The van der Waals surface area contributed by atoms with Gasteiger partial charge in [-0.05, 0) is 30.3 Å². The Morgan fingerprint density at radius 3 is 2.62 bits per heavy atom. The van der Waals surface area contributed by atoms with Gasteiger partial charge in [-0.25, -0.2) is 13.1 Å². The van der Waals surface area contributed by atoms with E-state index in [-0.39, 0.29) is 6.54 Å². The molecule has 3 aromatic rings. The molecule has 0 aliphatic rings. The molecule has 0 saturated heterocycles. The normalized spacial score (nSPS) is 12.6. The second-order valence-corrected chi connectivity index (χ2v) is 6.66. The van der Waals surface area contributed by atoms with Crippen molar-refractivity contribution < 1.29 is 21.6 Å². The summed E-state index contributed by atoms with van der Waals surface area (Å²) in [6.45, 7) is -0.205. The van der Waals surface area contributed by atoms with Crippen LogP contribution in [0.1, 0.15) is 11.4 Å². The number of alkyl halides is 3. The molecule has 0 atom stereocenters. The zero-order valence-electron chi connectivity index (χ0n) is 12.0. The highest BCUT2D eigenvalue weighted by Gasteiger charge is 2.31. The highest BCUT2D eigenvalue weighted by Crippen LogP contribution is 2.30. The molecule has 0 radical (unpaired) electrons. The van der Waals surface area contributed by atoms with Gasteiger partial charge in [-0.1, -0.05) is 12.1 Å². The Kier molecular flexibility index (Phi) is 4.01. The van der Waals surface area contributed by atoms with Gasteiger partial charge >= 0.3 is 6.18 Å². The second kappa shape index (κ2) is 5.87. The highest BCUT2D eigenvalue weighted by molar-refractivity contribution is 7.89. The minimum Gasteiger partial charge on any atom is -0.285 e. The van der Waals surface area contributed by atoms with E-state index in [2.05, 4.69) is 14.9 Å². The number of hydrogen-bond acceptors (Lipinski definition) is 4. The monoisotopic (exact) mass is 356 g/mol. The molecule has 1 N–H and O–H groups in total. The quantitative estimate of drug-likeness (QED) is 0.778. The molecule has 2 heterocycles. The van der Waals surface area contributed by atoms with Gasteiger partial charge in [0.05, 0.1) is 17.0 Å². The molecule has 0 saturated carbocycles. The molecule has 6 nitrogen and oxygen atoms in total. The number of nitrogens with zero attached hydrogens (tertiary/aromatic N) is 3. The van der Waals surface area contributed by atoms with Crippen molar-refractivity contribution in [1.82, 2.24) is 19.3 Å². The molecule has 0 amide bonds. The molecule has 3 rings (SSSR count). The molecule has 0 unspecified atom stereocenters. The molecule has 10 heteroatoms. The van der Waals surface area contributed by atoms with E-state index in [1.165, 1.54) is 0 Å². The molecular weight excluding hydrogens is 345 g/mol. The molecule has 0 fully saturated rings. The van der Waals surface area contributed by atoms with Gasteiger partial charge in [0.1, 0.15) is 0 Å². The van der Waals surface area contributed by atoms with E-state index >= 15 is 0 Å². The Morgan fingerprint density at radius 2 is 1.88 bits per heavy atom. The minimum atomic E-state index is -4.62. The summed E-state index contributed by atoms with van der Waals surface area (Å²) in [5, 5.41) is 7.72. The van der Waals surface area contributed by atoms with E-state index in [0.717, 1.165) is 18.2 Å². The lowest BCUT2D eigenvalue weighted by Gasteiger charge is -2.10. The lowest BCUT2D eigenvalue weighted by molar-refractivity contribution is -0.137. The second-order valence-electron chi connectivity index (χ2n) is 4.90. The summed E-state index contributed by atoms with van der Waals surface area (Å²) < 4.78 is 66.3. The van der Waals surface area contributed by atoms with Gasteiger partial charge in [0.25, 0.3) is 0 Å². The molecule has 2 aromatic heterocycles. The SMILES string of the molecule is O=S(=O)(NCc1nnc2ccccn12)c1cccc(C(F)(F)F)c1. The third kappa shape index (κ3) is 3.24. The predicted octanol–water partition coefficient (Wildman–Crippen LogP) is 2.23. The van der Waals surface area contributed by atoms with Crippen LogP contribution in [-0.2, 0) is 22.7 Å². The molecule has 0 aliphatic carbocycles. The van der Waals surface area contributed by atoms with Crippen molar-refractivity contribution in [1.29, 1.82) is 0 Å². The Labute approximate surface area is 135 Å². The maximum atomic E-state index is 12.7. The van der Waals surface area contributed by atoms with Gasteiger partial charge in [-0.15, -0.1) is 10.2 Å². The van der Waals surface area contributed by atoms with Crippen molar-refractivity contribution >= 4 is 15.7 Å². The Hall–Kier alpha value is -2.46. The molecule has 24 heavy (non-hydrogen) atoms. The average Bonchev–Trinajstić information content (AvgIpc) is 2.96. The molecular formula is C14H11F3N4O2S. The molecule has 1 aromatic carbocycles. The smallest absolute Gasteiger partial charge is 0.285 e. The summed E-state index contributed by atoms with van der Waals surface area (Å²) in [4.78, 5) is -0.467. The number of pyridine rings is 1. The van der Waals surface area contributed by atoms with Crippen molar-refractivity contribution in [3.05, 3.63) is 60.0 Å². The third-order valence-electron chi connectivity index (χ3n) is 3.28. The van der Waals surface area contributed by atoms with Gasteiger partial charge in [0, 0.05) is 6.20 Å². The maximum absolute atomic E-state index is 12.7. The van der Waals surface area contributed by atoms with Crippen molar-refractivity contribution in [2.24, 2.45) is 0 Å². The van der Waals surface area contributed by atoms with Gasteiger partial charge in [-0.3, -0.25) is 4.40 Å². The minimum absolute atomic E-state index is 0.205. The number of sulfonamides is 1. The number of rotatable bonds is 4. The van der Waals surface area contributed by atoms with Crippen LogP contribution < -0.4 is 4.72 Å². The first-order valence-electron chi connectivity index (χ1n) is 6.73. The number of hydrogen-bond donors (Lipinski definition) is 1. The number of halogens is 3. The fourth-order valence-electron chi connectivity index (χ4n) is 2.09. The van der Waals surface area contributed by atoms with Crippen molar-refractivity contribution in [2.45, 2.75) is 17.6 Å². The maximum Gasteiger partial charge on any atom is 0.416 e. The summed E-state index contributed by atoms with van der Waals surface area (Å²) in [6.07, 6.45) is -2.96. The number of fused-ring (bicyclic) bond motifs is 1. The van der Waals surface area contributed by atoms with Crippen LogP contribution in [0.4, 0.5) is 13.2 Å². The third-order valence-corrected chi connectivity index (χ3v) is 4.68. The average molecular weight is 356 g/mol. The largest absolute Gasteiger partial charge is 0.416 e. The van der Waals surface area contributed by atoms with E-state index in [0.29, 0.717) is 17.5 Å². The van der Waals surface area contributed by atoms with Crippen LogP contribution in [0.3, 0.4) is 0 Å². The van der Waals surface area contributed by atoms with E-state index in [9.17, 15) is 21.6 Å². The van der Waals surface area contributed by atoms with E-state index in [1.54, 1.807) is 28.8 Å². The Bertz CT molecular complexity index is 983. The topological polar surface area (TPSA) is 76.4 Å². The summed E-state index contributed by atoms with van der Waals surface area (Å²) in [5.74, 6) is 0.321. The lowest BCUT2D eigenvalue weighted by Crippen LogP contribution is -2.24. The van der Waals surface area contributed by atoms with Gasteiger partial charge in [0.2, 0.25) is 10.0 Å². The van der Waals surface area contributed by atoms with Crippen LogP contribution in [0.15, 0.2) is 53.6 Å². The van der Waals surface area contributed by atoms with Gasteiger partial charge in [0.15, 0.2) is 11.5 Å². The van der Waals surface area contributed by atoms with E-state index in [1.807, 2.05) is 0 Å². The summed E-state index contributed by atoms with van der Waals surface area (Å²) in [6, 6.07) is 8.71. The van der Waals surface area contributed by atoms with Crippen LogP contribution in [-0.4, -0.2) is 23.0 Å². The number of nitrogens with one attached hydrogen (secondary N) is 1. The van der Waals surface area contributed by atoms with E-state index < -0.39 is 26.7 Å². The fourth-order valence-corrected chi connectivity index (χ4v) is 3.12. The van der Waals surface area contributed by atoms with Crippen LogP contribution in [0.5, 0.6) is 0 Å². The Morgan fingerprint density at radius 1 is 1.08 bits per heavy atom. The van der Waals surface area contributed by atoms with Crippen molar-refractivity contribution in [3.8, 4) is 0 Å². The van der Waals surface area contributed by atoms with Crippen LogP contribution in [0.2, 0.25) is 0 Å². The first-order chi connectivity index (χ1) is 11.3. The van der Waals surface area contributed by atoms with Crippen molar-refractivity contribution in [3.63, 3.8) is 0 Å². The number of benzene rings is 1. The lowest BCUT2D eigenvalue weighted by atomic mass is 10.2. The zero-order valence-corrected chi connectivity index (χ0v) is 12.8. The first kappa shape index (κ1) is 16.4. The first-order valence-corrected chi connectivity index (χ1v) is 8.21. The Balaban J connectivity index is 1.84. The van der Waals surface area contributed by atoms with Crippen molar-refractivity contribution in [2.75, 3.05) is 0 Å². The molecule has 0 spiro atoms.